The summed E-state index contributed by atoms with van der Waals surface area (Å²) in [5.41, 5.74) is 6.67. The van der Waals surface area contributed by atoms with Crippen LogP contribution in [0.15, 0.2) is 34.1 Å². The Morgan fingerprint density at radius 3 is 1.38 bits per heavy atom. The predicted octanol–water partition coefficient (Wildman–Crippen LogP) is 10.3. The molecule has 0 bridgehead atoms. The maximum atomic E-state index is 12.6. The SMILES string of the molecule is CC(C)c1cc2c(cc1Sc1cc3c(cc1C(C)C)CCC1C(C)(C(=O)O)CCCC31C)C1(C)CCCC(C)(C(=O)O)C1CC2. The summed E-state index contributed by atoms with van der Waals surface area (Å²) in [6.07, 6.45) is 9.26. The molecule has 0 amide bonds. The molecule has 2 N–H and O–H groups in total. The topological polar surface area (TPSA) is 74.6 Å². The van der Waals surface area contributed by atoms with Crippen LogP contribution in [0.4, 0.5) is 0 Å². The Morgan fingerprint density at radius 2 is 1.04 bits per heavy atom. The van der Waals surface area contributed by atoms with Crippen molar-refractivity contribution >= 4 is 23.7 Å². The fraction of sp³-hybridized carbons (Fsp3) is 0.650. The van der Waals surface area contributed by atoms with Crippen molar-refractivity contribution in [3.63, 3.8) is 0 Å². The molecule has 244 valence electrons. The Balaban J connectivity index is 1.48. The fourth-order valence-electron chi connectivity index (χ4n) is 10.7. The lowest BCUT2D eigenvalue weighted by Crippen LogP contribution is -2.52. The van der Waals surface area contributed by atoms with Crippen molar-refractivity contribution in [2.24, 2.45) is 22.7 Å². The van der Waals surface area contributed by atoms with E-state index in [1.54, 1.807) is 0 Å². The Bertz CT molecular complexity index is 1430. The zero-order valence-corrected chi connectivity index (χ0v) is 29.6. The van der Waals surface area contributed by atoms with E-state index in [0.29, 0.717) is 11.8 Å². The van der Waals surface area contributed by atoms with Gasteiger partial charge in [0.15, 0.2) is 0 Å². The van der Waals surface area contributed by atoms with Gasteiger partial charge in [-0.3, -0.25) is 9.59 Å². The Hall–Kier alpha value is -2.27. The molecule has 2 saturated carbocycles. The minimum atomic E-state index is -0.686. The Morgan fingerprint density at radius 1 is 0.667 bits per heavy atom. The molecule has 2 aromatic rings. The molecule has 4 aliphatic carbocycles. The Labute approximate surface area is 275 Å². The van der Waals surface area contributed by atoms with Gasteiger partial charge < -0.3 is 10.2 Å². The van der Waals surface area contributed by atoms with Crippen LogP contribution >= 0.6 is 11.8 Å². The average Bonchev–Trinajstić information content (AvgIpc) is 2.96. The number of hydrogen-bond donors (Lipinski definition) is 2. The van der Waals surface area contributed by atoms with Crippen LogP contribution in [-0.4, -0.2) is 22.2 Å². The molecule has 5 heteroatoms. The summed E-state index contributed by atoms with van der Waals surface area (Å²) in [5, 5.41) is 20.7. The molecule has 0 aromatic heterocycles. The lowest BCUT2D eigenvalue weighted by atomic mass is 9.50. The Kier molecular flexibility index (Phi) is 8.11. The largest absolute Gasteiger partial charge is 0.481 e. The number of rotatable bonds is 6. The van der Waals surface area contributed by atoms with E-state index in [1.165, 1.54) is 43.2 Å². The van der Waals surface area contributed by atoms with Gasteiger partial charge in [-0.25, -0.2) is 0 Å². The minimum absolute atomic E-state index is 0.133. The zero-order valence-electron chi connectivity index (χ0n) is 28.8. The third kappa shape index (κ3) is 4.92. The molecular weight excluding hydrogens is 577 g/mol. The second kappa shape index (κ2) is 11.2. The highest BCUT2D eigenvalue weighted by Crippen LogP contribution is 2.60. The fourth-order valence-corrected chi connectivity index (χ4v) is 12.2. The minimum Gasteiger partial charge on any atom is -0.481 e. The number of aryl methyl sites for hydroxylation is 2. The van der Waals surface area contributed by atoms with Crippen molar-refractivity contribution in [3.8, 4) is 0 Å². The molecule has 2 aromatic carbocycles. The first kappa shape index (κ1) is 32.7. The smallest absolute Gasteiger partial charge is 0.309 e. The van der Waals surface area contributed by atoms with E-state index < -0.39 is 22.8 Å². The molecule has 6 rings (SSSR count). The molecule has 0 radical (unpaired) electrons. The van der Waals surface area contributed by atoms with Crippen molar-refractivity contribution in [1.29, 1.82) is 0 Å². The average molecular weight is 631 g/mol. The van der Waals surface area contributed by atoms with Crippen LogP contribution in [0.25, 0.3) is 0 Å². The highest BCUT2D eigenvalue weighted by atomic mass is 32.2. The number of carboxylic acid groups (broad SMARTS) is 2. The first-order chi connectivity index (χ1) is 21.1. The van der Waals surface area contributed by atoms with Gasteiger partial charge in [-0.15, -0.1) is 0 Å². The highest BCUT2D eigenvalue weighted by Gasteiger charge is 2.56. The van der Waals surface area contributed by atoms with Gasteiger partial charge in [0.05, 0.1) is 10.8 Å². The van der Waals surface area contributed by atoms with Crippen molar-refractivity contribution in [1.82, 2.24) is 0 Å². The molecule has 0 spiro atoms. The van der Waals surface area contributed by atoms with Gasteiger partial charge in [0.1, 0.15) is 0 Å². The van der Waals surface area contributed by atoms with Crippen LogP contribution in [0, 0.1) is 22.7 Å². The summed E-state index contributed by atoms with van der Waals surface area (Å²) < 4.78 is 0. The van der Waals surface area contributed by atoms with Gasteiger partial charge in [0, 0.05) is 9.79 Å². The van der Waals surface area contributed by atoms with Crippen molar-refractivity contribution in [3.05, 3.63) is 57.6 Å². The zero-order chi connectivity index (χ0) is 32.7. The maximum absolute atomic E-state index is 12.6. The van der Waals surface area contributed by atoms with Crippen LogP contribution < -0.4 is 0 Å². The van der Waals surface area contributed by atoms with E-state index in [1.807, 2.05) is 25.6 Å². The number of aliphatic carboxylic acids is 2. The summed E-state index contributed by atoms with van der Waals surface area (Å²) in [4.78, 5) is 27.8. The van der Waals surface area contributed by atoms with Crippen LogP contribution in [0.3, 0.4) is 0 Å². The number of fused-ring (bicyclic) bond motifs is 6. The van der Waals surface area contributed by atoms with Gasteiger partial charge >= 0.3 is 11.9 Å². The molecule has 45 heavy (non-hydrogen) atoms. The maximum Gasteiger partial charge on any atom is 0.309 e. The quantitative estimate of drug-likeness (QED) is 0.332. The summed E-state index contributed by atoms with van der Waals surface area (Å²) in [6.45, 7) is 17.8. The van der Waals surface area contributed by atoms with Crippen LogP contribution in [0.1, 0.15) is 152 Å². The molecule has 0 heterocycles. The highest BCUT2D eigenvalue weighted by molar-refractivity contribution is 7.99. The monoisotopic (exact) mass is 630 g/mol. The lowest BCUT2D eigenvalue weighted by molar-refractivity contribution is -0.158. The normalized spacial score (nSPS) is 34.1. The van der Waals surface area contributed by atoms with Crippen molar-refractivity contribution < 1.29 is 19.8 Å². The van der Waals surface area contributed by atoms with E-state index in [2.05, 4.69) is 65.8 Å². The van der Waals surface area contributed by atoms with Gasteiger partial charge in [-0.05, 0) is 145 Å². The van der Waals surface area contributed by atoms with E-state index >= 15 is 0 Å². The molecule has 0 aliphatic heterocycles. The second-order valence-electron chi connectivity index (χ2n) is 16.7. The van der Waals surface area contributed by atoms with E-state index in [9.17, 15) is 19.8 Å². The van der Waals surface area contributed by atoms with Gasteiger partial charge in [-0.1, -0.05) is 78.3 Å². The molecule has 2 fully saturated rings. The third-order valence-electron chi connectivity index (χ3n) is 13.4. The molecule has 6 atom stereocenters. The number of carboxylic acids is 2. The van der Waals surface area contributed by atoms with Crippen molar-refractivity contribution in [2.45, 2.75) is 152 Å². The number of hydrogen-bond acceptors (Lipinski definition) is 3. The summed E-state index contributed by atoms with van der Waals surface area (Å²) in [6, 6.07) is 9.85. The second-order valence-corrected chi connectivity index (χ2v) is 17.8. The first-order valence-electron chi connectivity index (χ1n) is 17.6. The van der Waals surface area contributed by atoms with Crippen LogP contribution in [0.2, 0.25) is 0 Å². The summed E-state index contributed by atoms with van der Waals surface area (Å²) >= 11 is 1.90. The molecular formula is C40H54O4S. The predicted molar refractivity (Wildman–Crippen MR) is 183 cm³/mol. The molecule has 4 aliphatic rings. The number of benzene rings is 2. The molecule has 6 unspecified atom stereocenters. The number of carbonyl (C=O) groups is 2. The van der Waals surface area contributed by atoms with E-state index in [4.69, 9.17) is 0 Å². The molecule has 4 nitrogen and oxygen atoms in total. The van der Waals surface area contributed by atoms with Crippen molar-refractivity contribution in [2.75, 3.05) is 0 Å². The van der Waals surface area contributed by atoms with E-state index in [0.717, 1.165) is 64.2 Å². The first-order valence-corrected chi connectivity index (χ1v) is 18.4. The van der Waals surface area contributed by atoms with Crippen LogP contribution in [-0.2, 0) is 33.3 Å². The van der Waals surface area contributed by atoms with E-state index in [-0.39, 0.29) is 22.7 Å². The summed E-state index contributed by atoms with van der Waals surface area (Å²) in [5.74, 6) is -0.272. The van der Waals surface area contributed by atoms with Gasteiger partial charge in [0.2, 0.25) is 0 Å². The lowest BCUT2D eigenvalue weighted by Gasteiger charge is -2.54. The third-order valence-corrected chi connectivity index (χ3v) is 14.6. The van der Waals surface area contributed by atoms with Gasteiger partial charge in [-0.2, -0.15) is 0 Å². The van der Waals surface area contributed by atoms with Gasteiger partial charge in [0.25, 0.3) is 0 Å². The van der Waals surface area contributed by atoms with Crippen LogP contribution in [0.5, 0.6) is 0 Å². The summed E-state index contributed by atoms with van der Waals surface area (Å²) in [7, 11) is 0. The standard InChI is InChI=1S/C40H54O4S/c1-23(2)27-19-25-11-13-33-37(5,15-9-17-39(33,7)35(41)42)29(25)21-31(27)45-32-22-30-26(20-28(32)24(3)4)12-14-34-38(30,6)16-10-18-40(34,8)36(43)44/h19-24,33-34H,9-18H2,1-8H3,(H,41,42)(H,43,44). The molecule has 0 saturated heterocycles.